The van der Waals surface area contributed by atoms with Crippen molar-refractivity contribution in [2.45, 2.75) is 51.9 Å². The average Bonchev–Trinajstić information content (AvgIpc) is 2.72. The molecule has 23 heavy (non-hydrogen) atoms. The van der Waals surface area contributed by atoms with Crippen molar-refractivity contribution in [1.29, 1.82) is 0 Å². The molecule has 2 aliphatic rings. The largest absolute Gasteiger partial charge is 0.491 e. The second-order valence-electron chi connectivity index (χ2n) is 7.47. The summed E-state index contributed by atoms with van der Waals surface area (Å²) in [6.45, 7) is 10.7. The van der Waals surface area contributed by atoms with Crippen LogP contribution in [0.5, 0.6) is 0 Å². The van der Waals surface area contributed by atoms with Gasteiger partial charge in [0.15, 0.2) is 0 Å². The van der Waals surface area contributed by atoms with Crippen molar-refractivity contribution in [3.63, 3.8) is 0 Å². The van der Waals surface area contributed by atoms with Gasteiger partial charge in [0.1, 0.15) is 0 Å². The zero-order valence-electron chi connectivity index (χ0n) is 14.6. The maximum atomic E-state index is 6.12. The standard InChI is InChI=1S/C18H27BN2O2/c1-17(2)18(3,4)23-19(22-17)16(11-20)10-13-5-6-14-7-8-21-12-15(14)9-13/h5-6,9-10,21H,7-8,11-12,20H2,1-4H3. The molecule has 0 saturated carbocycles. The molecular weight excluding hydrogens is 287 g/mol. The fourth-order valence-electron chi connectivity index (χ4n) is 3.02. The van der Waals surface area contributed by atoms with Crippen LogP contribution in [0.25, 0.3) is 6.08 Å². The molecule has 1 aromatic rings. The minimum atomic E-state index is -0.376. The number of nitrogens with two attached hydrogens (primary N) is 1. The smallest absolute Gasteiger partial charge is 0.400 e. The van der Waals surface area contributed by atoms with Crippen LogP contribution in [0.1, 0.15) is 44.4 Å². The Morgan fingerprint density at radius 1 is 1.22 bits per heavy atom. The van der Waals surface area contributed by atoms with Crippen LogP contribution in [0.15, 0.2) is 23.7 Å². The van der Waals surface area contributed by atoms with Crippen LogP contribution in [0, 0.1) is 0 Å². The van der Waals surface area contributed by atoms with Crippen LogP contribution in [-0.4, -0.2) is 31.4 Å². The van der Waals surface area contributed by atoms with Crippen molar-refractivity contribution in [3.05, 3.63) is 40.4 Å². The Bertz CT molecular complexity index is 609. The molecule has 3 N–H and O–H groups in total. The molecule has 0 bridgehead atoms. The third kappa shape index (κ3) is 3.24. The lowest BCUT2D eigenvalue weighted by atomic mass is 9.77. The summed E-state index contributed by atoms with van der Waals surface area (Å²) < 4.78 is 12.2. The van der Waals surface area contributed by atoms with E-state index in [4.69, 9.17) is 15.0 Å². The normalized spacial score (nSPS) is 23.0. The summed E-state index contributed by atoms with van der Waals surface area (Å²) in [5.41, 5.74) is 10.2. The summed E-state index contributed by atoms with van der Waals surface area (Å²) in [7, 11) is -0.376. The fraction of sp³-hybridized carbons (Fsp3) is 0.556. The van der Waals surface area contributed by atoms with Gasteiger partial charge in [-0.2, -0.15) is 0 Å². The number of benzene rings is 1. The summed E-state index contributed by atoms with van der Waals surface area (Å²) in [5, 5.41) is 3.42. The highest BCUT2D eigenvalue weighted by molar-refractivity contribution is 6.55. The fourth-order valence-corrected chi connectivity index (χ4v) is 3.02. The van der Waals surface area contributed by atoms with E-state index in [1.807, 2.05) is 0 Å². The van der Waals surface area contributed by atoms with Gasteiger partial charge in [0, 0.05) is 13.1 Å². The number of hydrogen-bond acceptors (Lipinski definition) is 4. The second kappa shape index (κ2) is 6.06. The molecule has 0 unspecified atom stereocenters. The first kappa shape index (κ1) is 16.7. The molecule has 3 rings (SSSR count). The van der Waals surface area contributed by atoms with Gasteiger partial charge >= 0.3 is 7.12 Å². The first-order valence-corrected chi connectivity index (χ1v) is 8.41. The van der Waals surface area contributed by atoms with Crippen molar-refractivity contribution >= 4 is 13.2 Å². The van der Waals surface area contributed by atoms with Gasteiger partial charge in [-0.3, -0.25) is 0 Å². The third-order valence-electron chi connectivity index (χ3n) is 5.26. The molecule has 0 amide bonds. The lowest BCUT2D eigenvalue weighted by Crippen LogP contribution is -2.41. The number of rotatable bonds is 3. The monoisotopic (exact) mass is 314 g/mol. The van der Waals surface area contributed by atoms with Gasteiger partial charge in [0.25, 0.3) is 0 Å². The molecular formula is C18H27BN2O2. The Morgan fingerprint density at radius 2 is 1.91 bits per heavy atom. The highest BCUT2D eigenvalue weighted by atomic mass is 16.7. The molecule has 124 valence electrons. The Morgan fingerprint density at radius 3 is 2.57 bits per heavy atom. The molecule has 0 spiro atoms. The molecule has 0 atom stereocenters. The van der Waals surface area contributed by atoms with Gasteiger partial charge in [0.05, 0.1) is 11.2 Å². The Kier molecular flexibility index (Phi) is 4.40. The van der Waals surface area contributed by atoms with Crippen molar-refractivity contribution < 1.29 is 9.31 Å². The number of nitrogens with one attached hydrogen (secondary N) is 1. The van der Waals surface area contributed by atoms with E-state index >= 15 is 0 Å². The molecule has 2 aliphatic heterocycles. The predicted molar refractivity (Wildman–Crippen MR) is 95.0 cm³/mol. The molecule has 1 aromatic carbocycles. The van der Waals surface area contributed by atoms with Gasteiger partial charge in [-0.1, -0.05) is 24.3 Å². The van der Waals surface area contributed by atoms with Crippen molar-refractivity contribution in [1.82, 2.24) is 5.32 Å². The van der Waals surface area contributed by atoms with Crippen LogP contribution in [0.2, 0.25) is 0 Å². The molecule has 1 fully saturated rings. The molecule has 0 aromatic heterocycles. The highest BCUT2D eigenvalue weighted by Crippen LogP contribution is 2.38. The minimum Gasteiger partial charge on any atom is -0.400 e. The van der Waals surface area contributed by atoms with E-state index in [-0.39, 0.29) is 18.3 Å². The Balaban J connectivity index is 1.85. The van der Waals surface area contributed by atoms with Crippen LogP contribution >= 0.6 is 0 Å². The molecule has 0 radical (unpaired) electrons. The van der Waals surface area contributed by atoms with Gasteiger partial charge in [-0.05, 0) is 62.8 Å². The number of fused-ring (bicyclic) bond motifs is 1. The first-order chi connectivity index (χ1) is 10.8. The van der Waals surface area contributed by atoms with E-state index < -0.39 is 0 Å². The summed E-state index contributed by atoms with van der Waals surface area (Å²) in [6, 6.07) is 6.62. The van der Waals surface area contributed by atoms with Crippen LogP contribution < -0.4 is 11.1 Å². The molecule has 4 nitrogen and oxygen atoms in total. The molecule has 0 aliphatic carbocycles. The summed E-state index contributed by atoms with van der Waals surface area (Å²) >= 11 is 0. The topological polar surface area (TPSA) is 56.5 Å². The van der Waals surface area contributed by atoms with E-state index in [1.165, 1.54) is 11.1 Å². The van der Waals surface area contributed by atoms with Crippen LogP contribution in [0.4, 0.5) is 0 Å². The zero-order valence-corrected chi connectivity index (χ0v) is 14.6. The van der Waals surface area contributed by atoms with Gasteiger partial charge in [-0.15, -0.1) is 0 Å². The first-order valence-electron chi connectivity index (χ1n) is 8.41. The van der Waals surface area contributed by atoms with Crippen molar-refractivity contribution in [3.8, 4) is 0 Å². The zero-order chi connectivity index (χ0) is 16.7. The molecule has 5 heteroatoms. The molecule has 2 heterocycles. The van der Waals surface area contributed by atoms with E-state index in [1.54, 1.807) is 0 Å². The minimum absolute atomic E-state index is 0.342. The third-order valence-corrected chi connectivity index (χ3v) is 5.26. The highest BCUT2D eigenvalue weighted by Gasteiger charge is 2.52. The average molecular weight is 314 g/mol. The maximum Gasteiger partial charge on any atom is 0.491 e. The summed E-state index contributed by atoms with van der Waals surface area (Å²) in [6.07, 6.45) is 3.21. The predicted octanol–water partition coefficient (Wildman–Crippen LogP) is 2.31. The van der Waals surface area contributed by atoms with E-state index in [2.05, 4.69) is 57.3 Å². The summed E-state index contributed by atoms with van der Waals surface area (Å²) in [5.74, 6) is 0. The SMILES string of the molecule is CC1(C)OB(C(=Cc2ccc3c(c2)CNCC3)CN)OC1(C)C. The Labute approximate surface area is 139 Å². The van der Waals surface area contributed by atoms with Crippen LogP contribution in [-0.2, 0) is 22.3 Å². The molecule has 1 saturated heterocycles. The second-order valence-corrected chi connectivity index (χ2v) is 7.47. The lowest BCUT2D eigenvalue weighted by molar-refractivity contribution is 0.00578. The van der Waals surface area contributed by atoms with Gasteiger partial charge in [-0.25, -0.2) is 0 Å². The van der Waals surface area contributed by atoms with E-state index in [0.717, 1.165) is 30.5 Å². The van der Waals surface area contributed by atoms with Crippen LogP contribution in [0.3, 0.4) is 0 Å². The van der Waals surface area contributed by atoms with Crippen molar-refractivity contribution in [2.24, 2.45) is 5.73 Å². The number of hydrogen-bond donors (Lipinski definition) is 2. The van der Waals surface area contributed by atoms with E-state index in [9.17, 15) is 0 Å². The van der Waals surface area contributed by atoms with Gasteiger partial charge in [0.2, 0.25) is 0 Å². The lowest BCUT2D eigenvalue weighted by Gasteiger charge is -2.32. The summed E-state index contributed by atoms with van der Waals surface area (Å²) in [4.78, 5) is 0. The maximum absolute atomic E-state index is 6.12. The Hall–Kier alpha value is -1.14. The quantitative estimate of drug-likeness (QED) is 0.841. The van der Waals surface area contributed by atoms with Crippen molar-refractivity contribution in [2.75, 3.05) is 13.1 Å². The van der Waals surface area contributed by atoms with Gasteiger partial charge < -0.3 is 20.4 Å². The van der Waals surface area contributed by atoms with E-state index in [0.29, 0.717) is 6.54 Å².